The summed E-state index contributed by atoms with van der Waals surface area (Å²) < 4.78 is 41.6. The smallest absolute Gasteiger partial charge is 0.322 e. The Hall–Kier alpha value is -3.13. The summed E-state index contributed by atoms with van der Waals surface area (Å²) in [7, 11) is 0. The van der Waals surface area contributed by atoms with E-state index in [0.717, 1.165) is 6.20 Å². The number of benzene rings is 2. The largest absolute Gasteiger partial charge is 0.434 e. The van der Waals surface area contributed by atoms with Crippen LogP contribution in [0.3, 0.4) is 0 Å². The van der Waals surface area contributed by atoms with Crippen LogP contribution < -0.4 is 5.32 Å². The number of aromatic nitrogens is 2. The maximum absolute atomic E-state index is 13.7. The van der Waals surface area contributed by atoms with Crippen LogP contribution in [0.1, 0.15) is 33.3 Å². The summed E-state index contributed by atoms with van der Waals surface area (Å²) in [6.45, 7) is 1.35. The molecule has 3 aromatic rings. The number of rotatable bonds is 4. The van der Waals surface area contributed by atoms with E-state index in [0.29, 0.717) is 15.3 Å². The molecule has 1 aromatic heterocycles. The van der Waals surface area contributed by atoms with Gasteiger partial charge in [0.25, 0.3) is 5.91 Å². The van der Waals surface area contributed by atoms with Gasteiger partial charge in [0.2, 0.25) is 0 Å². The van der Waals surface area contributed by atoms with E-state index >= 15 is 0 Å². The number of amides is 1. The summed E-state index contributed by atoms with van der Waals surface area (Å²) in [4.78, 5) is 23.9. The molecule has 0 saturated heterocycles. The second-order valence-corrected chi connectivity index (χ2v) is 6.32. The molecule has 1 amide bonds. The zero-order valence-electron chi connectivity index (χ0n) is 14.4. The van der Waals surface area contributed by atoms with E-state index in [-0.39, 0.29) is 17.2 Å². The number of carbonyl (C=O) groups is 2. The van der Waals surface area contributed by atoms with E-state index in [9.17, 15) is 22.8 Å². The number of halogens is 4. The fourth-order valence-corrected chi connectivity index (χ4v) is 2.71. The van der Waals surface area contributed by atoms with Crippen LogP contribution in [0.4, 0.5) is 18.9 Å². The third-order valence-electron chi connectivity index (χ3n) is 3.88. The number of ketones is 1. The van der Waals surface area contributed by atoms with Crippen molar-refractivity contribution >= 4 is 29.0 Å². The lowest BCUT2D eigenvalue weighted by atomic mass is 10.1. The number of nitrogens with zero attached hydrogens (tertiary/aromatic N) is 2. The minimum atomic E-state index is -4.83. The average molecular weight is 408 g/mol. The Bertz CT molecular complexity index is 1040. The molecule has 1 N–H and O–H groups in total. The Kier molecular flexibility index (Phi) is 5.24. The average Bonchev–Trinajstić information content (AvgIpc) is 3.08. The van der Waals surface area contributed by atoms with Crippen molar-refractivity contribution in [3.05, 3.63) is 76.6 Å². The van der Waals surface area contributed by atoms with Gasteiger partial charge in [-0.2, -0.15) is 18.3 Å². The number of nitrogens with one attached hydrogen (secondary N) is 1. The molecule has 2 aromatic carbocycles. The number of hydrogen-bond acceptors (Lipinski definition) is 3. The Morgan fingerprint density at radius 1 is 1.11 bits per heavy atom. The first-order valence-corrected chi connectivity index (χ1v) is 8.38. The summed E-state index contributed by atoms with van der Waals surface area (Å²) in [6, 6.07) is 11.5. The molecule has 0 radical (unpaired) electrons. The van der Waals surface area contributed by atoms with E-state index in [2.05, 4.69) is 10.4 Å². The molecular weight excluding hydrogens is 395 g/mol. The fraction of sp³-hybridized carbons (Fsp3) is 0.105. The van der Waals surface area contributed by atoms with Crippen LogP contribution in [-0.4, -0.2) is 21.5 Å². The summed E-state index contributed by atoms with van der Waals surface area (Å²) in [6.07, 6.45) is -3.98. The van der Waals surface area contributed by atoms with Crippen molar-refractivity contribution in [3.63, 3.8) is 0 Å². The first kappa shape index (κ1) is 19.6. The molecule has 28 heavy (non-hydrogen) atoms. The number of Topliss-reactive ketones (excluding diaryl/α,β-unsaturated/α-hetero) is 1. The van der Waals surface area contributed by atoms with Gasteiger partial charge in [-0.3, -0.25) is 9.59 Å². The van der Waals surface area contributed by atoms with Crippen molar-refractivity contribution in [1.29, 1.82) is 0 Å². The van der Waals surface area contributed by atoms with E-state index in [4.69, 9.17) is 11.6 Å². The highest BCUT2D eigenvalue weighted by molar-refractivity contribution is 6.30. The van der Waals surface area contributed by atoms with Crippen LogP contribution in [0.2, 0.25) is 5.02 Å². The molecule has 1 heterocycles. The van der Waals surface area contributed by atoms with Crippen LogP contribution in [-0.2, 0) is 6.18 Å². The highest BCUT2D eigenvalue weighted by atomic mass is 35.5. The predicted molar refractivity (Wildman–Crippen MR) is 98.0 cm³/mol. The Labute approximate surface area is 162 Å². The summed E-state index contributed by atoms with van der Waals surface area (Å²) in [5.74, 6) is -1.23. The van der Waals surface area contributed by atoms with E-state index < -0.39 is 23.3 Å². The van der Waals surface area contributed by atoms with Crippen molar-refractivity contribution in [1.82, 2.24) is 9.78 Å². The lowest BCUT2D eigenvalue weighted by Gasteiger charge is -2.13. The molecule has 0 fully saturated rings. The topological polar surface area (TPSA) is 64.0 Å². The Morgan fingerprint density at radius 3 is 2.39 bits per heavy atom. The quantitative estimate of drug-likeness (QED) is 0.619. The van der Waals surface area contributed by atoms with Gasteiger partial charge in [-0.15, -0.1) is 0 Å². The van der Waals surface area contributed by atoms with Crippen LogP contribution >= 0.6 is 11.6 Å². The molecular formula is C19H13ClF3N3O2. The van der Waals surface area contributed by atoms with Crippen molar-refractivity contribution in [2.24, 2.45) is 0 Å². The minimum Gasteiger partial charge on any atom is -0.322 e. The number of hydrogen-bond donors (Lipinski definition) is 1. The molecule has 5 nitrogen and oxygen atoms in total. The Morgan fingerprint density at radius 2 is 1.79 bits per heavy atom. The van der Waals surface area contributed by atoms with Gasteiger partial charge in [-0.25, -0.2) is 4.68 Å². The van der Waals surface area contributed by atoms with Gasteiger partial charge in [0.15, 0.2) is 11.5 Å². The summed E-state index contributed by atoms with van der Waals surface area (Å²) in [5, 5.41) is 6.46. The van der Waals surface area contributed by atoms with Crippen molar-refractivity contribution in [3.8, 4) is 5.69 Å². The van der Waals surface area contributed by atoms with Crippen molar-refractivity contribution < 1.29 is 22.8 Å². The summed E-state index contributed by atoms with van der Waals surface area (Å²) >= 11 is 5.77. The third-order valence-corrected chi connectivity index (χ3v) is 4.13. The fourth-order valence-electron chi connectivity index (χ4n) is 2.58. The standard InChI is InChI=1S/C19H13ClF3N3O2/c1-11(27)12-3-2-4-14(9-12)25-18(28)16-10-24-26(17(16)19(21,22)23)15-7-5-13(20)6-8-15/h2-10H,1H3,(H,25,28). The monoisotopic (exact) mass is 407 g/mol. The highest BCUT2D eigenvalue weighted by Gasteiger charge is 2.40. The number of anilines is 1. The number of carbonyl (C=O) groups excluding carboxylic acids is 2. The maximum atomic E-state index is 13.7. The molecule has 0 aliphatic rings. The minimum absolute atomic E-state index is 0.106. The van der Waals surface area contributed by atoms with Crippen LogP contribution in [0, 0.1) is 0 Å². The normalized spacial score (nSPS) is 11.3. The van der Waals surface area contributed by atoms with Crippen molar-refractivity contribution in [2.75, 3.05) is 5.32 Å². The molecule has 0 aliphatic carbocycles. The second kappa shape index (κ2) is 7.47. The molecule has 144 valence electrons. The van der Waals surface area contributed by atoms with E-state index in [1.807, 2.05) is 0 Å². The second-order valence-electron chi connectivity index (χ2n) is 5.88. The van der Waals surface area contributed by atoms with Gasteiger partial charge in [0, 0.05) is 16.3 Å². The molecule has 0 saturated carbocycles. The van der Waals surface area contributed by atoms with Crippen LogP contribution in [0.25, 0.3) is 5.69 Å². The van der Waals surface area contributed by atoms with E-state index in [1.165, 1.54) is 55.5 Å². The van der Waals surface area contributed by atoms with Gasteiger partial charge in [0.05, 0.1) is 17.4 Å². The predicted octanol–water partition coefficient (Wildman–Crippen LogP) is 5.00. The van der Waals surface area contributed by atoms with Gasteiger partial charge < -0.3 is 5.32 Å². The molecule has 0 unspecified atom stereocenters. The van der Waals surface area contributed by atoms with Crippen LogP contribution in [0.5, 0.6) is 0 Å². The highest BCUT2D eigenvalue weighted by Crippen LogP contribution is 2.34. The lowest BCUT2D eigenvalue weighted by Crippen LogP contribution is -2.20. The van der Waals surface area contributed by atoms with Gasteiger partial charge in [-0.1, -0.05) is 23.7 Å². The maximum Gasteiger partial charge on any atom is 0.434 e. The van der Waals surface area contributed by atoms with Gasteiger partial charge in [-0.05, 0) is 43.3 Å². The number of alkyl halides is 3. The third kappa shape index (κ3) is 4.07. The first-order valence-electron chi connectivity index (χ1n) is 8.00. The van der Waals surface area contributed by atoms with Gasteiger partial charge >= 0.3 is 6.18 Å². The van der Waals surface area contributed by atoms with Gasteiger partial charge in [0.1, 0.15) is 0 Å². The molecule has 0 atom stereocenters. The van der Waals surface area contributed by atoms with Crippen LogP contribution in [0.15, 0.2) is 54.7 Å². The Balaban J connectivity index is 2.00. The molecule has 0 spiro atoms. The first-order chi connectivity index (χ1) is 13.2. The molecule has 0 bridgehead atoms. The van der Waals surface area contributed by atoms with E-state index in [1.54, 1.807) is 0 Å². The summed E-state index contributed by atoms with van der Waals surface area (Å²) in [5.41, 5.74) is -1.23. The molecule has 3 rings (SSSR count). The lowest BCUT2D eigenvalue weighted by molar-refractivity contribution is -0.143. The zero-order valence-corrected chi connectivity index (χ0v) is 15.2. The molecule has 9 heteroatoms. The van der Waals surface area contributed by atoms with Crippen molar-refractivity contribution in [2.45, 2.75) is 13.1 Å². The molecule has 0 aliphatic heterocycles. The zero-order chi connectivity index (χ0) is 20.5. The SMILES string of the molecule is CC(=O)c1cccc(NC(=O)c2cnn(-c3ccc(Cl)cc3)c2C(F)(F)F)c1.